The number of piperidine rings is 1. The van der Waals surface area contributed by atoms with Gasteiger partial charge in [-0.1, -0.05) is 0 Å². The minimum Gasteiger partial charge on any atom is -0.490 e. The molecular formula is C18H27ClN2O3. The molecule has 0 aromatic heterocycles. The number of amides is 1. The van der Waals surface area contributed by atoms with Gasteiger partial charge in [-0.15, -0.1) is 12.4 Å². The van der Waals surface area contributed by atoms with Crippen LogP contribution in [0, 0.1) is 12.8 Å². The van der Waals surface area contributed by atoms with Gasteiger partial charge in [0.15, 0.2) is 0 Å². The summed E-state index contributed by atoms with van der Waals surface area (Å²) in [6.07, 6.45) is 4.13. The second kappa shape index (κ2) is 9.25. The van der Waals surface area contributed by atoms with Crippen molar-refractivity contribution in [3.05, 3.63) is 23.8 Å². The first-order chi connectivity index (χ1) is 11.2. The molecule has 6 heteroatoms. The van der Waals surface area contributed by atoms with E-state index in [0.717, 1.165) is 69.0 Å². The van der Waals surface area contributed by atoms with Gasteiger partial charge in [-0.2, -0.15) is 0 Å². The maximum atomic E-state index is 12.3. The molecule has 1 unspecified atom stereocenters. The molecule has 2 saturated heterocycles. The first kappa shape index (κ1) is 19.0. The van der Waals surface area contributed by atoms with Crippen LogP contribution in [0.15, 0.2) is 18.2 Å². The van der Waals surface area contributed by atoms with Gasteiger partial charge < -0.3 is 20.1 Å². The molecule has 1 aromatic carbocycles. The predicted octanol–water partition coefficient (Wildman–Crippen LogP) is 2.91. The summed E-state index contributed by atoms with van der Waals surface area (Å²) in [6.45, 7) is 5.35. The third-order valence-electron chi connectivity index (χ3n) is 4.57. The second-order valence-corrected chi connectivity index (χ2v) is 6.44. The number of carbonyl (C=O) groups excluding carboxylic acids is 1. The van der Waals surface area contributed by atoms with Crippen LogP contribution in [0.25, 0.3) is 0 Å². The van der Waals surface area contributed by atoms with Crippen LogP contribution in [0.4, 0.5) is 5.69 Å². The Balaban J connectivity index is 0.00000208. The summed E-state index contributed by atoms with van der Waals surface area (Å²) in [6, 6.07) is 5.87. The highest BCUT2D eigenvalue weighted by molar-refractivity contribution is 5.93. The van der Waals surface area contributed by atoms with Crippen molar-refractivity contribution in [1.29, 1.82) is 0 Å². The smallest absolute Gasteiger partial charge is 0.228 e. The second-order valence-electron chi connectivity index (χ2n) is 6.44. The van der Waals surface area contributed by atoms with Crippen molar-refractivity contribution in [2.75, 3.05) is 31.6 Å². The van der Waals surface area contributed by atoms with Crippen LogP contribution in [0.3, 0.4) is 0 Å². The largest absolute Gasteiger partial charge is 0.490 e. The highest BCUT2D eigenvalue weighted by Crippen LogP contribution is 2.25. The third kappa shape index (κ3) is 5.10. The standard InChI is InChI=1S/C18H26N2O3.ClH/c1-13-11-15(20-18(21)14-3-2-8-19-12-14)4-5-17(13)23-16-6-9-22-10-7-16;/h4-5,11,14,16,19H,2-3,6-10,12H2,1H3,(H,20,21);1H. The Morgan fingerprint density at radius 3 is 2.75 bits per heavy atom. The van der Waals surface area contributed by atoms with Gasteiger partial charge in [0.25, 0.3) is 0 Å². The molecule has 2 heterocycles. The number of ether oxygens (including phenoxy) is 2. The fourth-order valence-electron chi connectivity index (χ4n) is 3.15. The zero-order valence-corrected chi connectivity index (χ0v) is 15.0. The Hall–Kier alpha value is -1.30. The number of aryl methyl sites for hydroxylation is 1. The Morgan fingerprint density at radius 2 is 2.08 bits per heavy atom. The van der Waals surface area contributed by atoms with E-state index in [2.05, 4.69) is 10.6 Å². The number of carbonyl (C=O) groups is 1. The Labute approximate surface area is 149 Å². The fourth-order valence-corrected chi connectivity index (χ4v) is 3.15. The van der Waals surface area contributed by atoms with Crippen LogP contribution in [0.1, 0.15) is 31.2 Å². The minimum atomic E-state index is 0. The molecule has 5 nitrogen and oxygen atoms in total. The highest BCUT2D eigenvalue weighted by atomic mass is 35.5. The van der Waals surface area contributed by atoms with Crippen molar-refractivity contribution in [1.82, 2.24) is 5.32 Å². The summed E-state index contributed by atoms with van der Waals surface area (Å²) in [5.74, 6) is 1.08. The molecule has 0 bridgehead atoms. The normalized spacial score (nSPS) is 21.6. The zero-order chi connectivity index (χ0) is 16.1. The van der Waals surface area contributed by atoms with Gasteiger partial charge >= 0.3 is 0 Å². The number of hydrogen-bond acceptors (Lipinski definition) is 4. The van der Waals surface area contributed by atoms with Crippen molar-refractivity contribution in [3.63, 3.8) is 0 Å². The molecule has 1 amide bonds. The lowest BCUT2D eigenvalue weighted by Gasteiger charge is -2.24. The minimum absolute atomic E-state index is 0. The van der Waals surface area contributed by atoms with E-state index in [0.29, 0.717) is 0 Å². The van der Waals surface area contributed by atoms with E-state index in [1.54, 1.807) is 0 Å². The number of benzene rings is 1. The quantitative estimate of drug-likeness (QED) is 0.872. The molecule has 0 saturated carbocycles. The van der Waals surface area contributed by atoms with Gasteiger partial charge in [0.05, 0.1) is 19.1 Å². The number of rotatable bonds is 4. The molecule has 2 aliphatic heterocycles. The van der Waals surface area contributed by atoms with Crippen molar-refractivity contribution >= 4 is 24.0 Å². The third-order valence-corrected chi connectivity index (χ3v) is 4.57. The first-order valence-corrected chi connectivity index (χ1v) is 8.59. The molecule has 2 aliphatic rings. The van der Waals surface area contributed by atoms with Gasteiger partial charge in [0.2, 0.25) is 5.91 Å². The first-order valence-electron chi connectivity index (χ1n) is 8.59. The molecule has 1 aromatic rings. The van der Waals surface area contributed by atoms with E-state index in [4.69, 9.17) is 9.47 Å². The van der Waals surface area contributed by atoms with Crippen LogP contribution in [0.5, 0.6) is 5.75 Å². The Bertz CT molecular complexity index is 541. The molecule has 0 aliphatic carbocycles. The van der Waals surface area contributed by atoms with Gasteiger partial charge in [0, 0.05) is 25.1 Å². The summed E-state index contributed by atoms with van der Waals surface area (Å²) in [5.41, 5.74) is 1.90. The van der Waals surface area contributed by atoms with E-state index in [-0.39, 0.29) is 30.3 Å². The number of anilines is 1. The molecule has 1 atom stereocenters. The summed E-state index contributed by atoms with van der Waals surface area (Å²) in [4.78, 5) is 12.3. The van der Waals surface area contributed by atoms with Crippen LogP contribution in [0.2, 0.25) is 0 Å². The maximum Gasteiger partial charge on any atom is 0.228 e. The van der Waals surface area contributed by atoms with Crippen molar-refractivity contribution < 1.29 is 14.3 Å². The number of hydrogen-bond donors (Lipinski definition) is 2. The summed E-state index contributed by atoms with van der Waals surface area (Å²) >= 11 is 0. The maximum absolute atomic E-state index is 12.3. The lowest BCUT2D eigenvalue weighted by molar-refractivity contribution is -0.120. The fraction of sp³-hybridized carbons (Fsp3) is 0.611. The van der Waals surface area contributed by atoms with Gasteiger partial charge in [-0.3, -0.25) is 4.79 Å². The summed E-state index contributed by atoms with van der Waals surface area (Å²) < 4.78 is 11.4. The molecule has 24 heavy (non-hydrogen) atoms. The summed E-state index contributed by atoms with van der Waals surface area (Å²) in [7, 11) is 0. The number of nitrogens with one attached hydrogen (secondary N) is 2. The molecule has 3 rings (SSSR count). The van der Waals surface area contributed by atoms with Crippen molar-refractivity contribution in [3.8, 4) is 5.75 Å². The lowest BCUT2D eigenvalue weighted by Crippen LogP contribution is -2.37. The monoisotopic (exact) mass is 354 g/mol. The van der Waals surface area contributed by atoms with E-state index >= 15 is 0 Å². The zero-order valence-electron chi connectivity index (χ0n) is 14.2. The summed E-state index contributed by atoms with van der Waals surface area (Å²) in [5, 5.41) is 6.31. The SMILES string of the molecule is Cc1cc(NC(=O)C2CCCNC2)ccc1OC1CCOCC1.Cl. The predicted molar refractivity (Wildman–Crippen MR) is 97.1 cm³/mol. The van der Waals surface area contributed by atoms with E-state index in [1.807, 2.05) is 25.1 Å². The van der Waals surface area contributed by atoms with Crippen molar-refractivity contribution in [2.24, 2.45) is 5.92 Å². The molecule has 2 fully saturated rings. The molecule has 2 N–H and O–H groups in total. The average Bonchev–Trinajstić information content (AvgIpc) is 2.59. The lowest BCUT2D eigenvalue weighted by atomic mass is 9.98. The van der Waals surface area contributed by atoms with E-state index < -0.39 is 0 Å². The van der Waals surface area contributed by atoms with Crippen LogP contribution >= 0.6 is 12.4 Å². The average molecular weight is 355 g/mol. The van der Waals surface area contributed by atoms with Crippen LogP contribution < -0.4 is 15.4 Å². The molecule has 134 valence electrons. The molecule has 0 radical (unpaired) electrons. The van der Waals surface area contributed by atoms with E-state index in [1.165, 1.54) is 0 Å². The highest BCUT2D eigenvalue weighted by Gasteiger charge is 2.21. The Morgan fingerprint density at radius 1 is 1.29 bits per heavy atom. The van der Waals surface area contributed by atoms with Crippen molar-refractivity contribution in [2.45, 2.75) is 38.7 Å². The topological polar surface area (TPSA) is 59.6 Å². The van der Waals surface area contributed by atoms with Crippen LogP contribution in [-0.4, -0.2) is 38.3 Å². The van der Waals surface area contributed by atoms with Gasteiger partial charge in [-0.25, -0.2) is 0 Å². The molecule has 0 spiro atoms. The van der Waals surface area contributed by atoms with Crippen LogP contribution in [-0.2, 0) is 9.53 Å². The van der Waals surface area contributed by atoms with Gasteiger partial charge in [-0.05, 0) is 50.1 Å². The Kier molecular flexibility index (Phi) is 7.34. The number of halogens is 1. The van der Waals surface area contributed by atoms with E-state index in [9.17, 15) is 4.79 Å². The van der Waals surface area contributed by atoms with Gasteiger partial charge in [0.1, 0.15) is 11.9 Å². The molecular weight excluding hydrogens is 328 g/mol.